The van der Waals surface area contributed by atoms with Gasteiger partial charge in [0.1, 0.15) is 0 Å². The number of amides is 1. The molecule has 0 spiro atoms. The maximum Gasteiger partial charge on any atom is 0.296 e. The molecule has 0 saturated heterocycles. The highest BCUT2D eigenvalue weighted by molar-refractivity contribution is 6.45. The van der Waals surface area contributed by atoms with E-state index in [-0.39, 0.29) is 5.78 Å². The SMILES string of the molecule is CCCCC1=C(CCCC)C(=O)C(=O)N1. The summed E-state index contributed by atoms with van der Waals surface area (Å²) in [5, 5.41) is 2.69. The predicted octanol–water partition coefficient (Wildman–Crippen LogP) is 2.32. The van der Waals surface area contributed by atoms with E-state index in [1.165, 1.54) is 0 Å². The van der Waals surface area contributed by atoms with E-state index in [1.807, 2.05) is 0 Å². The molecule has 0 fully saturated rings. The second-order valence-corrected chi connectivity index (χ2v) is 3.95. The number of rotatable bonds is 6. The van der Waals surface area contributed by atoms with Gasteiger partial charge in [-0.05, 0) is 25.7 Å². The van der Waals surface area contributed by atoms with Gasteiger partial charge in [0.25, 0.3) is 5.91 Å². The van der Waals surface area contributed by atoms with E-state index in [1.54, 1.807) is 0 Å². The Balaban J connectivity index is 2.69. The molecule has 1 N–H and O–H groups in total. The van der Waals surface area contributed by atoms with Crippen LogP contribution in [0, 0.1) is 0 Å². The van der Waals surface area contributed by atoms with Crippen LogP contribution < -0.4 is 5.32 Å². The minimum Gasteiger partial charge on any atom is -0.322 e. The molecule has 1 amide bonds. The van der Waals surface area contributed by atoms with E-state index in [4.69, 9.17) is 0 Å². The van der Waals surface area contributed by atoms with Crippen LogP contribution in [0.2, 0.25) is 0 Å². The highest BCUT2D eigenvalue weighted by atomic mass is 16.2. The smallest absolute Gasteiger partial charge is 0.296 e. The summed E-state index contributed by atoms with van der Waals surface area (Å²) in [6.07, 6.45) is 5.70. The molecule has 0 aromatic carbocycles. The third kappa shape index (κ3) is 2.91. The van der Waals surface area contributed by atoms with Crippen molar-refractivity contribution in [2.45, 2.75) is 52.4 Å². The monoisotopic (exact) mass is 209 g/mol. The number of Topliss-reactive ketones (excluding diaryl/α,β-unsaturated/α-hetero) is 1. The fourth-order valence-corrected chi connectivity index (χ4v) is 1.73. The zero-order chi connectivity index (χ0) is 11.3. The summed E-state index contributed by atoms with van der Waals surface area (Å²) in [6, 6.07) is 0. The highest BCUT2D eigenvalue weighted by Crippen LogP contribution is 2.21. The second kappa shape index (κ2) is 5.69. The Labute approximate surface area is 90.9 Å². The first-order valence-corrected chi connectivity index (χ1v) is 5.78. The van der Waals surface area contributed by atoms with Crippen molar-refractivity contribution < 1.29 is 9.59 Å². The van der Waals surface area contributed by atoms with Crippen molar-refractivity contribution >= 4 is 11.7 Å². The zero-order valence-electron chi connectivity index (χ0n) is 9.56. The fourth-order valence-electron chi connectivity index (χ4n) is 1.73. The zero-order valence-corrected chi connectivity index (χ0v) is 9.56. The van der Waals surface area contributed by atoms with Crippen LogP contribution in [-0.2, 0) is 9.59 Å². The summed E-state index contributed by atoms with van der Waals surface area (Å²) in [6.45, 7) is 4.19. The lowest BCUT2D eigenvalue weighted by Gasteiger charge is -2.03. The van der Waals surface area contributed by atoms with Crippen molar-refractivity contribution in [3.63, 3.8) is 0 Å². The normalized spacial score (nSPS) is 16.1. The Morgan fingerprint density at radius 1 is 1.00 bits per heavy atom. The van der Waals surface area contributed by atoms with E-state index in [0.29, 0.717) is 0 Å². The summed E-state index contributed by atoms with van der Waals surface area (Å²) >= 11 is 0. The number of ketones is 1. The molecule has 0 saturated carbocycles. The molecule has 3 heteroatoms. The van der Waals surface area contributed by atoms with Crippen molar-refractivity contribution in [3.05, 3.63) is 11.3 Å². The first-order valence-electron chi connectivity index (χ1n) is 5.78. The molecule has 15 heavy (non-hydrogen) atoms. The summed E-state index contributed by atoms with van der Waals surface area (Å²) < 4.78 is 0. The van der Waals surface area contributed by atoms with E-state index >= 15 is 0 Å². The molecule has 0 aromatic rings. The summed E-state index contributed by atoms with van der Waals surface area (Å²) in [5.41, 5.74) is 1.61. The molecule has 0 atom stereocenters. The second-order valence-electron chi connectivity index (χ2n) is 3.95. The van der Waals surface area contributed by atoms with Crippen molar-refractivity contribution in [2.24, 2.45) is 0 Å². The Hall–Kier alpha value is -1.12. The lowest BCUT2D eigenvalue weighted by molar-refractivity contribution is -0.134. The van der Waals surface area contributed by atoms with Crippen LogP contribution >= 0.6 is 0 Å². The molecule has 1 heterocycles. The van der Waals surface area contributed by atoms with Crippen molar-refractivity contribution in [3.8, 4) is 0 Å². The van der Waals surface area contributed by atoms with Gasteiger partial charge in [-0.1, -0.05) is 26.7 Å². The summed E-state index contributed by atoms with van der Waals surface area (Å²) in [5.74, 6) is -0.748. The molecule has 3 nitrogen and oxygen atoms in total. The van der Waals surface area contributed by atoms with Gasteiger partial charge in [0.2, 0.25) is 5.78 Å². The topological polar surface area (TPSA) is 46.2 Å². The maximum atomic E-state index is 11.5. The molecule has 1 aliphatic rings. The summed E-state index contributed by atoms with van der Waals surface area (Å²) in [7, 11) is 0. The third-order valence-electron chi connectivity index (χ3n) is 2.67. The Bertz CT molecular complexity index is 292. The van der Waals surface area contributed by atoms with Gasteiger partial charge in [0.15, 0.2) is 0 Å². The van der Waals surface area contributed by atoms with Crippen LogP contribution in [0.1, 0.15) is 52.4 Å². The van der Waals surface area contributed by atoms with Crippen LogP contribution in [-0.4, -0.2) is 11.7 Å². The number of carbonyl (C=O) groups excluding carboxylic acids is 2. The van der Waals surface area contributed by atoms with Gasteiger partial charge in [0, 0.05) is 11.3 Å². The van der Waals surface area contributed by atoms with Gasteiger partial charge in [-0.3, -0.25) is 9.59 Å². The number of carbonyl (C=O) groups is 2. The number of unbranched alkanes of at least 4 members (excludes halogenated alkanes) is 2. The van der Waals surface area contributed by atoms with Gasteiger partial charge < -0.3 is 5.32 Å². The Kier molecular flexibility index (Phi) is 4.53. The van der Waals surface area contributed by atoms with E-state index < -0.39 is 5.91 Å². The minimum atomic E-state index is -0.438. The molecular formula is C12H19NO2. The summed E-state index contributed by atoms with van der Waals surface area (Å²) in [4.78, 5) is 22.7. The fraction of sp³-hybridized carbons (Fsp3) is 0.667. The standard InChI is InChI=1S/C12H19NO2/c1-3-5-7-9-10(8-6-4-2)13-12(15)11(9)14/h3-8H2,1-2H3,(H,13,14,15). The van der Waals surface area contributed by atoms with Gasteiger partial charge in [-0.25, -0.2) is 0 Å². The number of nitrogens with one attached hydrogen (secondary N) is 1. The van der Waals surface area contributed by atoms with Gasteiger partial charge in [0.05, 0.1) is 0 Å². The third-order valence-corrected chi connectivity index (χ3v) is 2.67. The molecule has 0 unspecified atom stereocenters. The highest BCUT2D eigenvalue weighted by Gasteiger charge is 2.29. The molecule has 1 rings (SSSR count). The number of hydrogen-bond acceptors (Lipinski definition) is 2. The van der Waals surface area contributed by atoms with Gasteiger partial charge >= 0.3 is 0 Å². The van der Waals surface area contributed by atoms with E-state index in [2.05, 4.69) is 19.2 Å². The van der Waals surface area contributed by atoms with Crippen LogP contribution in [0.15, 0.2) is 11.3 Å². The lowest BCUT2D eigenvalue weighted by Crippen LogP contribution is -2.21. The van der Waals surface area contributed by atoms with Gasteiger partial charge in [-0.2, -0.15) is 0 Å². The van der Waals surface area contributed by atoms with Crippen LogP contribution in [0.4, 0.5) is 0 Å². The molecule has 0 aromatic heterocycles. The van der Waals surface area contributed by atoms with Crippen LogP contribution in [0.25, 0.3) is 0 Å². The van der Waals surface area contributed by atoms with Crippen molar-refractivity contribution in [1.82, 2.24) is 5.32 Å². The van der Waals surface area contributed by atoms with Crippen molar-refractivity contribution in [1.29, 1.82) is 0 Å². The van der Waals surface area contributed by atoms with Crippen LogP contribution in [0.5, 0.6) is 0 Å². The molecule has 0 bridgehead atoms. The number of allylic oxidation sites excluding steroid dienone is 1. The molecular weight excluding hydrogens is 190 g/mol. The van der Waals surface area contributed by atoms with Gasteiger partial charge in [-0.15, -0.1) is 0 Å². The maximum absolute atomic E-state index is 11.5. The average Bonchev–Trinajstić information content (AvgIpc) is 2.50. The lowest BCUT2D eigenvalue weighted by atomic mass is 10.0. The first kappa shape index (κ1) is 12.0. The van der Waals surface area contributed by atoms with E-state index in [9.17, 15) is 9.59 Å². The molecule has 84 valence electrons. The molecule has 1 aliphatic heterocycles. The first-order chi connectivity index (χ1) is 7.20. The molecule has 0 radical (unpaired) electrons. The van der Waals surface area contributed by atoms with Crippen molar-refractivity contribution in [2.75, 3.05) is 0 Å². The van der Waals surface area contributed by atoms with Crippen LogP contribution in [0.3, 0.4) is 0 Å². The predicted molar refractivity (Wildman–Crippen MR) is 59.2 cm³/mol. The number of hydrogen-bond donors (Lipinski definition) is 1. The largest absolute Gasteiger partial charge is 0.322 e. The Morgan fingerprint density at radius 3 is 2.20 bits per heavy atom. The molecule has 0 aliphatic carbocycles. The average molecular weight is 209 g/mol. The quantitative estimate of drug-likeness (QED) is 0.682. The van der Waals surface area contributed by atoms with E-state index in [0.717, 1.165) is 49.8 Å². The minimum absolute atomic E-state index is 0.311. The Morgan fingerprint density at radius 2 is 1.60 bits per heavy atom.